The van der Waals surface area contributed by atoms with E-state index in [9.17, 15) is 0 Å². The zero-order valence-electron chi connectivity index (χ0n) is 11.3. The van der Waals surface area contributed by atoms with E-state index in [1.807, 2.05) is 30.5 Å². The summed E-state index contributed by atoms with van der Waals surface area (Å²) < 4.78 is 10.9. The van der Waals surface area contributed by atoms with E-state index < -0.39 is 0 Å². The Bertz CT molecular complexity index is 551. The van der Waals surface area contributed by atoms with Crippen LogP contribution < -0.4 is 9.47 Å². The Kier molecular flexibility index (Phi) is 4.72. The summed E-state index contributed by atoms with van der Waals surface area (Å²) >= 11 is 8.19. The van der Waals surface area contributed by atoms with E-state index in [1.165, 1.54) is 5.56 Å². The molecule has 1 unspecified atom stereocenters. The van der Waals surface area contributed by atoms with Crippen LogP contribution in [0, 0.1) is 6.92 Å². The van der Waals surface area contributed by atoms with Gasteiger partial charge in [-0.1, -0.05) is 17.7 Å². The minimum absolute atomic E-state index is 0.213. The first kappa shape index (κ1) is 14.2. The minimum Gasteiger partial charge on any atom is -0.496 e. The van der Waals surface area contributed by atoms with Crippen LogP contribution in [-0.4, -0.2) is 13.7 Å². The summed E-state index contributed by atoms with van der Waals surface area (Å²) in [6, 6.07) is 8.07. The third-order valence-corrected chi connectivity index (χ3v) is 4.39. The van der Waals surface area contributed by atoms with Crippen LogP contribution in [0.2, 0.25) is 0 Å². The normalized spacial score (nSPS) is 12.2. The third kappa shape index (κ3) is 3.23. The number of hydrogen-bond acceptors (Lipinski definition) is 3. The number of halogens is 1. The molecule has 0 N–H and O–H groups in total. The average Bonchev–Trinajstić information content (AvgIpc) is 2.89. The average molecular weight is 297 g/mol. The molecule has 0 spiro atoms. The Hall–Kier alpha value is -1.19. The smallest absolute Gasteiger partial charge is 0.129 e. The molecule has 0 aliphatic carbocycles. The van der Waals surface area contributed by atoms with Gasteiger partial charge in [-0.2, -0.15) is 0 Å². The quantitative estimate of drug-likeness (QED) is 0.738. The maximum absolute atomic E-state index is 6.59. The fourth-order valence-corrected chi connectivity index (χ4v) is 3.12. The Labute approximate surface area is 122 Å². The van der Waals surface area contributed by atoms with Crippen molar-refractivity contribution < 1.29 is 9.47 Å². The highest BCUT2D eigenvalue weighted by Crippen LogP contribution is 2.39. The number of hydrogen-bond donors (Lipinski definition) is 0. The largest absolute Gasteiger partial charge is 0.496 e. The maximum Gasteiger partial charge on any atom is 0.129 e. The fourth-order valence-electron chi connectivity index (χ4n) is 1.88. The van der Waals surface area contributed by atoms with Gasteiger partial charge in [0.2, 0.25) is 0 Å². The van der Waals surface area contributed by atoms with E-state index >= 15 is 0 Å². The number of benzene rings is 1. The second-order valence-corrected chi connectivity index (χ2v) is 5.60. The SMILES string of the molecule is CCOc1ccc(C)cc1C(Cl)c1cc(OC)cs1. The molecule has 2 rings (SSSR count). The number of thiophene rings is 1. The van der Waals surface area contributed by atoms with Crippen molar-refractivity contribution in [2.45, 2.75) is 19.2 Å². The highest BCUT2D eigenvalue weighted by molar-refractivity contribution is 7.10. The molecule has 102 valence electrons. The Morgan fingerprint density at radius 3 is 2.74 bits per heavy atom. The molecule has 0 aliphatic heterocycles. The van der Waals surface area contributed by atoms with Gasteiger partial charge in [0.15, 0.2) is 0 Å². The molecule has 1 atom stereocenters. The van der Waals surface area contributed by atoms with E-state index in [2.05, 4.69) is 13.0 Å². The molecule has 0 aliphatic rings. The molecular weight excluding hydrogens is 280 g/mol. The molecule has 1 heterocycles. The summed E-state index contributed by atoms with van der Waals surface area (Å²) in [6.07, 6.45) is 0. The first-order chi connectivity index (χ1) is 9.15. The van der Waals surface area contributed by atoms with Crippen LogP contribution in [0.15, 0.2) is 29.6 Å². The summed E-state index contributed by atoms with van der Waals surface area (Å²) in [5.74, 6) is 1.69. The molecular formula is C15H17ClO2S. The van der Waals surface area contributed by atoms with Crippen LogP contribution in [0.5, 0.6) is 11.5 Å². The monoisotopic (exact) mass is 296 g/mol. The lowest BCUT2D eigenvalue weighted by Crippen LogP contribution is -1.99. The van der Waals surface area contributed by atoms with Crippen LogP contribution in [0.4, 0.5) is 0 Å². The first-order valence-corrected chi connectivity index (χ1v) is 7.47. The molecule has 0 saturated carbocycles. The van der Waals surface area contributed by atoms with Crippen molar-refractivity contribution in [3.8, 4) is 11.5 Å². The number of alkyl halides is 1. The summed E-state index contributed by atoms with van der Waals surface area (Å²) in [5, 5.41) is 1.75. The van der Waals surface area contributed by atoms with Crippen LogP contribution in [0.3, 0.4) is 0 Å². The lowest BCUT2D eigenvalue weighted by atomic mass is 10.1. The standard InChI is InChI=1S/C15H17ClO2S/c1-4-18-13-6-5-10(2)7-12(13)15(16)14-8-11(17-3)9-19-14/h5-9,15H,4H2,1-3H3. The molecule has 2 nitrogen and oxygen atoms in total. The fraction of sp³-hybridized carbons (Fsp3) is 0.333. The molecule has 0 bridgehead atoms. The maximum atomic E-state index is 6.59. The Morgan fingerprint density at radius 2 is 2.11 bits per heavy atom. The van der Waals surface area contributed by atoms with Crippen molar-refractivity contribution in [3.63, 3.8) is 0 Å². The van der Waals surface area contributed by atoms with Gasteiger partial charge < -0.3 is 9.47 Å². The molecule has 1 aromatic heterocycles. The van der Waals surface area contributed by atoms with Gasteiger partial charge in [-0.15, -0.1) is 22.9 Å². The number of ether oxygens (including phenoxy) is 2. The van der Waals surface area contributed by atoms with Crippen molar-refractivity contribution in [2.24, 2.45) is 0 Å². The number of aryl methyl sites for hydroxylation is 1. The van der Waals surface area contributed by atoms with Gasteiger partial charge in [0, 0.05) is 15.8 Å². The van der Waals surface area contributed by atoms with Crippen LogP contribution in [0.1, 0.15) is 28.3 Å². The van der Waals surface area contributed by atoms with Crippen molar-refractivity contribution in [1.29, 1.82) is 0 Å². The van der Waals surface area contributed by atoms with E-state index in [0.717, 1.165) is 21.9 Å². The second kappa shape index (κ2) is 6.31. The van der Waals surface area contributed by atoms with Crippen molar-refractivity contribution >= 4 is 22.9 Å². The predicted molar refractivity (Wildman–Crippen MR) is 80.9 cm³/mol. The lowest BCUT2D eigenvalue weighted by Gasteiger charge is -2.14. The molecule has 0 radical (unpaired) electrons. The number of methoxy groups -OCH3 is 1. The van der Waals surface area contributed by atoms with Crippen LogP contribution in [-0.2, 0) is 0 Å². The minimum atomic E-state index is -0.213. The van der Waals surface area contributed by atoms with E-state index in [0.29, 0.717) is 6.61 Å². The van der Waals surface area contributed by atoms with Gasteiger partial charge in [-0.05, 0) is 26.0 Å². The van der Waals surface area contributed by atoms with Crippen LogP contribution >= 0.6 is 22.9 Å². The van der Waals surface area contributed by atoms with Crippen molar-refractivity contribution in [1.82, 2.24) is 0 Å². The lowest BCUT2D eigenvalue weighted by molar-refractivity contribution is 0.337. The molecule has 0 saturated heterocycles. The summed E-state index contributed by atoms with van der Waals surface area (Å²) in [4.78, 5) is 1.06. The third-order valence-electron chi connectivity index (χ3n) is 2.82. The van der Waals surface area contributed by atoms with Gasteiger partial charge in [0.25, 0.3) is 0 Å². The second-order valence-electron chi connectivity index (χ2n) is 4.23. The Balaban J connectivity index is 2.36. The molecule has 19 heavy (non-hydrogen) atoms. The van der Waals surface area contributed by atoms with Gasteiger partial charge in [0.1, 0.15) is 11.5 Å². The van der Waals surface area contributed by atoms with Gasteiger partial charge in [-0.3, -0.25) is 0 Å². The highest BCUT2D eigenvalue weighted by Gasteiger charge is 2.18. The van der Waals surface area contributed by atoms with Crippen LogP contribution in [0.25, 0.3) is 0 Å². The number of rotatable bonds is 5. The summed E-state index contributed by atoms with van der Waals surface area (Å²) in [6.45, 7) is 4.66. The summed E-state index contributed by atoms with van der Waals surface area (Å²) in [7, 11) is 1.66. The molecule has 4 heteroatoms. The van der Waals surface area contributed by atoms with Crippen molar-refractivity contribution in [2.75, 3.05) is 13.7 Å². The van der Waals surface area contributed by atoms with Crippen molar-refractivity contribution in [3.05, 3.63) is 45.6 Å². The zero-order chi connectivity index (χ0) is 13.8. The summed E-state index contributed by atoms with van der Waals surface area (Å²) in [5.41, 5.74) is 2.18. The van der Waals surface area contributed by atoms with E-state index in [-0.39, 0.29) is 5.38 Å². The van der Waals surface area contributed by atoms with Gasteiger partial charge in [0.05, 0.1) is 19.1 Å². The topological polar surface area (TPSA) is 18.5 Å². The molecule has 2 aromatic rings. The zero-order valence-corrected chi connectivity index (χ0v) is 12.8. The molecule has 0 amide bonds. The van der Waals surface area contributed by atoms with Gasteiger partial charge in [-0.25, -0.2) is 0 Å². The van der Waals surface area contributed by atoms with Gasteiger partial charge >= 0.3 is 0 Å². The Morgan fingerprint density at radius 1 is 1.32 bits per heavy atom. The molecule has 1 aromatic carbocycles. The first-order valence-electron chi connectivity index (χ1n) is 6.15. The highest BCUT2D eigenvalue weighted by atomic mass is 35.5. The van der Waals surface area contributed by atoms with E-state index in [1.54, 1.807) is 18.4 Å². The van der Waals surface area contributed by atoms with E-state index in [4.69, 9.17) is 21.1 Å². The molecule has 0 fully saturated rings. The predicted octanol–water partition coefficient (Wildman–Crippen LogP) is 4.79.